The molecule has 1 atom stereocenters. The number of rotatable bonds is 4. The number of likely N-dealkylation sites (tertiary alicyclic amines) is 1. The smallest absolute Gasteiger partial charge is 0.254 e. The van der Waals surface area contributed by atoms with Gasteiger partial charge in [0.2, 0.25) is 11.7 Å². The molecule has 140 valence electrons. The number of aromatic nitrogens is 5. The molecule has 0 saturated carbocycles. The number of carbonyl (C=O) groups is 1. The molecule has 1 fully saturated rings. The molecule has 1 aliphatic rings. The van der Waals surface area contributed by atoms with Crippen LogP contribution in [0.25, 0.3) is 11.4 Å². The van der Waals surface area contributed by atoms with Crippen molar-refractivity contribution < 1.29 is 9.32 Å². The average molecular weight is 366 g/mol. The Labute approximate surface area is 157 Å². The lowest BCUT2D eigenvalue weighted by Gasteiger charge is -2.22. The summed E-state index contributed by atoms with van der Waals surface area (Å²) in [6, 6.07) is 7.24. The maximum absolute atomic E-state index is 13.0. The topological polar surface area (TPSA) is 101 Å². The summed E-state index contributed by atoms with van der Waals surface area (Å²) >= 11 is 0. The normalized spacial score (nSPS) is 17.0. The standard InChI is InChI=1S/C19H22N6O2/c1-11(2)18-21-16(24-27-18)13-6-8-14(9-7-13)19(26)25-10-4-5-15(25)17-20-12(3)22-23-17/h6-9,11,15H,4-5,10H2,1-3H3,(H,20,22,23). The fourth-order valence-corrected chi connectivity index (χ4v) is 3.30. The zero-order valence-corrected chi connectivity index (χ0v) is 15.6. The molecule has 3 heterocycles. The number of amides is 1. The van der Waals surface area contributed by atoms with Gasteiger partial charge in [-0.25, -0.2) is 4.98 Å². The molecule has 0 bridgehead atoms. The minimum atomic E-state index is -0.0760. The summed E-state index contributed by atoms with van der Waals surface area (Å²) in [4.78, 5) is 23.6. The third-order valence-corrected chi connectivity index (χ3v) is 4.75. The first-order chi connectivity index (χ1) is 13.0. The second-order valence-corrected chi connectivity index (χ2v) is 7.12. The van der Waals surface area contributed by atoms with Gasteiger partial charge in [0.25, 0.3) is 5.91 Å². The van der Waals surface area contributed by atoms with Gasteiger partial charge in [0, 0.05) is 23.6 Å². The van der Waals surface area contributed by atoms with Gasteiger partial charge in [-0.1, -0.05) is 31.1 Å². The Morgan fingerprint density at radius 3 is 2.67 bits per heavy atom. The maximum atomic E-state index is 13.0. The number of hydrogen-bond donors (Lipinski definition) is 1. The highest BCUT2D eigenvalue weighted by molar-refractivity contribution is 5.95. The highest BCUT2D eigenvalue weighted by Gasteiger charge is 2.33. The molecule has 0 aliphatic carbocycles. The van der Waals surface area contributed by atoms with Crippen molar-refractivity contribution in [3.63, 3.8) is 0 Å². The van der Waals surface area contributed by atoms with E-state index in [-0.39, 0.29) is 17.9 Å². The number of aryl methyl sites for hydroxylation is 1. The zero-order valence-electron chi connectivity index (χ0n) is 15.6. The Bertz CT molecular complexity index is 943. The van der Waals surface area contributed by atoms with E-state index in [9.17, 15) is 4.79 Å². The number of aromatic amines is 1. The van der Waals surface area contributed by atoms with Crippen LogP contribution in [0.1, 0.15) is 66.5 Å². The van der Waals surface area contributed by atoms with Crippen molar-refractivity contribution in [1.82, 2.24) is 30.2 Å². The van der Waals surface area contributed by atoms with E-state index < -0.39 is 0 Å². The molecule has 1 N–H and O–H groups in total. The van der Waals surface area contributed by atoms with Gasteiger partial charge in [-0.2, -0.15) is 10.1 Å². The number of H-pyrrole nitrogens is 1. The van der Waals surface area contributed by atoms with E-state index in [4.69, 9.17) is 4.52 Å². The Morgan fingerprint density at radius 2 is 2.04 bits per heavy atom. The van der Waals surface area contributed by atoms with E-state index in [2.05, 4.69) is 25.3 Å². The lowest BCUT2D eigenvalue weighted by molar-refractivity contribution is 0.0730. The molecule has 3 aromatic rings. The van der Waals surface area contributed by atoms with Crippen molar-refractivity contribution >= 4 is 5.91 Å². The van der Waals surface area contributed by atoms with Crippen LogP contribution in [0.2, 0.25) is 0 Å². The number of carbonyl (C=O) groups excluding carboxylic acids is 1. The van der Waals surface area contributed by atoms with Crippen molar-refractivity contribution in [1.29, 1.82) is 0 Å². The Balaban J connectivity index is 1.53. The first kappa shape index (κ1) is 17.4. The Kier molecular flexibility index (Phi) is 4.47. The van der Waals surface area contributed by atoms with Crippen molar-refractivity contribution in [2.24, 2.45) is 0 Å². The maximum Gasteiger partial charge on any atom is 0.254 e. The predicted octanol–water partition coefficient (Wildman–Crippen LogP) is 3.26. The van der Waals surface area contributed by atoms with Crippen LogP contribution < -0.4 is 0 Å². The van der Waals surface area contributed by atoms with Crippen LogP contribution in [-0.2, 0) is 0 Å². The first-order valence-electron chi connectivity index (χ1n) is 9.17. The van der Waals surface area contributed by atoms with E-state index in [0.29, 0.717) is 29.6 Å². The zero-order chi connectivity index (χ0) is 19.0. The van der Waals surface area contributed by atoms with Crippen LogP contribution in [0.15, 0.2) is 28.8 Å². The lowest BCUT2D eigenvalue weighted by atomic mass is 10.1. The van der Waals surface area contributed by atoms with Gasteiger partial charge in [0.15, 0.2) is 5.82 Å². The second kappa shape index (κ2) is 6.94. The third kappa shape index (κ3) is 3.34. The van der Waals surface area contributed by atoms with Crippen LogP contribution >= 0.6 is 0 Å². The van der Waals surface area contributed by atoms with Gasteiger partial charge in [0.05, 0.1) is 6.04 Å². The number of benzene rings is 1. The summed E-state index contributed by atoms with van der Waals surface area (Å²) in [5.74, 6) is 2.75. The first-order valence-corrected chi connectivity index (χ1v) is 9.17. The van der Waals surface area contributed by atoms with Gasteiger partial charge in [-0.15, -0.1) is 0 Å². The Morgan fingerprint density at radius 1 is 1.26 bits per heavy atom. The molecule has 27 heavy (non-hydrogen) atoms. The molecule has 0 spiro atoms. The highest BCUT2D eigenvalue weighted by Crippen LogP contribution is 2.31. The molecule has 8 heteroatoms. The van der Waals surface area contributed by atoms with Crippen LogP contribution in [0.3, 0.4) is 0 Å². The van der Waals surface area contributed by atoms with Crippen LogP contribution in [0.5, 0.6) is 0 Å². The summed E-state index contributed by atoms with van der Waals surface area (Å²) in [5, 5.41) is 11.1. The molecule has 1 amide bonds. The van der Waals surface area contributed by atoms with E-state index in [0.717, 1.165) is 24.2 Å². The number of nitrogens with zero attached hydrogens (tertiary/aromatic N) is 5. The highest BCUT2D eigenvalue weighted by atomic mass is 16.5. The van der Waals surface area contributed by atoms with Crippen molar-refractivity contribution in [2.75, 3.05) is 6.54 Å². The summed E-state index contributed by atoms with van der Waals surface area (Å²) in [6.45, 7) is 6.57. The summed E-state index contributed by atoms with van der Waals surface area (Å²) < 4.78 is 5.25. The third-order valence-electron chi connectivity index (χ3n) is 4.75. The number of nitrogens with one attached hydrogen (secondary N) is 1. The molecule has 1 saturated heterocycles. The van der Waals surface area contributed by atoms with Crippen LogP contribution in [0.4, 0.5) is 0 Å². The minimum absolute atomic E-state index is 0.0116. The minimum Gasteiger partial charge on any atom is -0.339 e. The van der Waals surface area contributed by atoms with Crippen molar-refractivity contribution in [3.05, 3.63) is 47.4 Å². The van der Waals surface area contributed by atoms with E-state index >= 15 is 0 Å². The summed E-state index contributed by atoms with van der Waals surface area (Å²) in [5.41, 5.74) is 1.45. The fraction of sp³-hybridized carbons (Fsp3) is 0.421. The summed E-state index contributed by atoms with van der Waals surface area (Å²) in [7, 11) is 0. The van der Waals surface area contributed by atoms with Gasteiger partial charge in [-0.05, 0) is 31.9 Å². The van der Waals surface area contributed by atoms with Crippen LogP contribution in [0, 0.1) is 6.92 Å². The second-order valence-electron chi connectivity index (χ2n) is 7.12. The predicted molar refractivity (Wildman–Crippen MR) is 98.0 cm³/mol. The van der Waals surface area contributed by atoms with E-state index in [1.165, 1.54) is 0 Å². The van der Waals surface area contributed by atoms with Gasteiger partial charge >= 0.3 is 0 Å². The van der Waals surface area contributed by atoms with E-state index in [1.54, 1.807) is 0 Å². The molecule has 1 aromatic carbocycles. The monoisotopic (exact) mass is 366 g/mol. The van der Waals surface area contributed by atoms with Gasteiger partial charge in [0.1, 0.15) is 5.82 Å². The van der Waals surface area contributed by atoms with Gasteiger partial charge in [-0.3, -0.25) is 9.89 Å². The summed E-state index contributed by atoms with van der Waals surface area (Å²) in [6.07, 6.45) is 1.82. The molecule has 0 radical (unpaired) electrons. The molecule has 2 aromatic heterocycles. The van der Waals surface area contributed by atoms with E-state index in [1.807, 2.05) is 49.9 Å². The largest absolute Gasteiger partial charge is 0.339 e. The van der Waals surface area contributed by atoms with Crippen molar-refractivity contribution in [2.45, 2.75) is 45.6 Å². The quantitative estimate of drug-likeness (QED) is 0.760. The molecular formula is C19H22N6O2. The number of hydrogen-bond acceptors (Lipinski definition) is 6. The molecule has 4 rings (SSSR count). The van der Waals surface area contributed by atoms with Crippen molar-refractivity contribution in [3.8, 4) is 11.4 Å². The average Bonchev–Trinajstić information content (AvgIpc) is 3.41. The molecule has 8 nitrogen and oxygen atoms in total. The Hall–Kier alpha value is -3.03. The SMILES string of the molecule is Cc1nc(C2CCCN2C(=O)c2ccc(-c3noc(C(C)C)n3)cc2)n[nH]1. The van der Waals surface area contributed by atoms with Crippen LogP contribution in [-0.4, -0.2) is 42.7 Å². The van der Waals surface area contributed by atoms with Gasteiger partial charge < -0.3 is 9.42 Å². The molecule has 1 aliphatic heterocycles. The molecule has 1 unspecified atom stereocenters. The molecular weight excluding hydrogens is 344 g/mol. The fourth-order valence-electron chi connectivity index (χ4n) is 3.30. The lowest BCUT2D eigenvalue weighted by Crippen LogP contribution is -2.31.